The minimum atomic E-state index is -0.107. The van der Waals surface area contributed by atoms with Crippen molar-refractivity contribution in [1.29, 1.82) is 5.26 Å². The maximum absolute atomic E-state index is 8.92. The van der Waals surface area contributed by atoms with Crippen molar-refractivity contribution in [3.8, 4) is 17.6 Å². The van der Waals surface area contributed by atoms with Gasteiger partial charge in [0.2, 0.25) is 0 Å². The van der Waals surface area contributed by atoms with Crippen molar-refractivity contribution in [2.75, 3.05) is 20.8 Å². The van der Waals surface area contributed by atoms with E-state index in [0.29, 0.717) is 23.7 Å². The molecule has 86 valence electrons. The van der Waals surface area contributed by atoms with E-state index in [0.717, 1.165) is 0 Å². The number of hydrogen-bond acceptors (Lipinski definition) is 4. The first-order valence-corrected chi connectivity index (χ1v) is 4.95. The van der Waals surface area contributed by atoms with Crippen LogP contribution in [0.1, 0.15) is 12.5 Å². The Morgan fingerprint density at radius 2 is 2.12 bits per heavy atom. The van der Waals surface area contributed by atoms with Gasteiger partial charge in [0.15, 0.2) is 0 Å². The minimum Gasteiger partial charge on any atom is -0.497 e. The molecule has 16 heavy (non-hydrogen) atoms. The highest BCUT2D eigenvalue weighted by Crippen LogP contribution is 2.25. The van der Waals surface area contributed by atoms with Crippen molar-refractivity contribution < 1.29 is 14.2 Å². The number of nitriles is 1. The van der Waals surface area contributed by atoms with Crippen LogP contribution in [0.5, 0.6) is 11.5 Å². The van der Waals surface area contributed by atoms with Gasteiger partial charge >= 0.3 is 0 Å². The summed E-state index contributed by atoms with van der Waals surface area (Å²) in [6, 6.07) is 7.17. The van der Waals surface area contributed by atoms with E-state index in [-0.39, 0.29) is 6.10 Å². The average Bonchev–Trinajstić information content (AvgIpc) is 2.29. The molecule has 0 amide bonds. The number of rotatable bonds is 5. The third-order valence-corrected chi connectivity index (χ3v) is 2.04. The fourth-order valence-electron chi connectivity index (χ4n) is 1.30. The quantitative estimate of drug-likeness (QED) is 0.762. The molecule has 0 saturated carbocycles. The second-order valence-corrected chi connectivity index (χ2v) is 3.36. The van der Waals surface area contributed by atoms with Crippen LogP contribution in [0.3, 0.4) is 0 Å². The van der Waals surface area contributed by atoms with Crippen LogP contribution in [0.4, 0.5) is 0 Å². The zero-order chi connectivity index (χ0) is 12.0. The van der Waals surface area contributed by atoms with Gasteiger partial charge in [-0.2, -0.15) is 5.26 Å². The minimum absolute atomic E-state index is 0.107. The lowest BCUT2D eigenvalue weighted by molar-refractivity contribution is 0.0917. The van der Waals surface area contributed by atoms with E-state index in [1.165, 1.54) is 0 Å². The maximum Gasteiger partial charge on any atom is 0.141 e. The third kappa shape index (κ3) is 3.14. The summed E-state index contributed by atoms with van der Waals surface area (Å²) in [7, 11) is 3.18. The molecule has 4 heteroatoms. The Morgan fingerprint density at radius 1 is 1.38 bits per heavy atom. The molecule has 0 heterocycles. The number of benzene rings is 1. The van der Waals surface area contributed by atoms with Crippen molar-refractivity contribution in [3.63, 3.8) is 0 Å². The Bertz CT molecular complexity index is 384. The normalized spacial score (nSPS) is 11.6. The molecule has 1 unspecified atom stereocenters. The summed E-state index contributed by atoms with van der Waals surface area (Å²) in [6.45, 7) is 2.35. The molecular weight excluding hydrogens is 206 g/mol. The standard InChI is InChI=1S/C12H15NO3/c1-9(8-14-2)16-12-6-11(15-3)5-4-10(12)7-13/h4-6,9H,8H2,1-3H3. The molecule has 0 aliphatic heterocycles. The first-order valence-electron chi connectivity index (χ1n) is 4.95. The Hall–Kier alpha value is -1.73. The third-order valence-electron chi connectivity index (χ3n) is 2.04. The molecule has 0 aliphatic carbocycles. The summed E-state index contributed by atoms with van der Waals surface area (Å²) in [5, 5.41) is 8.92. The molecule has 0 saturated heterocycles. The van der Waals surface area contributed by atoms with Crippen molar-refractivity contribution in [2.24, 2.45) is 0 Å². The van der Waals surface area contributed by atoms with Crippen LogP contribution in [0.15, 0.2) is 18.2 Å². The zero-order valence-corrected chi connectivity index (χ0v) is 9.69. The van der Waals surface area contributed by atoms with E-state index >= 15 is 0 Å². The van der Waals surface area contributed by atoms with Gasteiger partial charge < -0.3 is 14.2 Å². The highest BCUT2D eigenvalue weighted by Gasteiger charge is 2.09. The number of nitrogens with zero attached hydrogens (tertiary/aromatic N) is 1. The van der Waals surface area contributed by atoms with Gasteiger partial charge in [0.1, 0.15) is 23.7 Å². The van der Waals surface area contributed by atoms with Crippen molar-refractivity contribution >= 4 is 0 Å². The number of ether oxygens (including phenoxy) is 3. The number of methoxy groups -OCH3 is 2. The van der Waals surface area contributed by atoms with E-state index in [9.17, 15) is 0 Å². The first-order chi connectivity index (χ1) is 7.71. The van der Waals surface area contributed by atoms with Crippen molar-refractivity contribution in [1.82, 2.24) is 0 Å². The van der Waals surface area contributed by atoms with E-state index < -0.39 is 0 Å². The molecule has 0 aromatic heterocycles. The van der Waals surface area contributed by atoms with Gasteiger partial charge in [0.25, 0.3) is 0 Å². The van der Waals surface area contributed by atoms with Crippen LogP contribution in [-0.4, -0.2) is 26.9 Å². The molecule has 0 N–H and O–H groups in total. The highest BCUT2D eigenvalue weighted by molar-refractivity contribution is 5.47. The Morgan fingerprint density at radius 3 is 2.69 bits per heavy atom. The summed E-state index contributed by atoms with van der Waals surface area (Å²) in [4.78, 5) is 0. The fourth-order valence-corrected chi connectivity index (χ4v) is 1.30. The maximum atomic E-state index is 8.92. The Balaban J connectivity index is 2.88. The molecule has 1 aromatic rings. The van der Waals surface area contributed by atoms with Crippen LogP contribution in [0.2, 0.25) is 0 Å². The molecule has 1 aromatic carbocycles. The zero-order valence-electron chi connectivity index (χ0n) is 9.69. The monoisotopic (exact) mass is 221 g/mol. The lowest BCUT2D eigenvalue weighted by Crippen LogP contribution is -2.18. The SMILES string of the molecule is COCC(C)Oc1cc(OC)ccc1C#N. The van der Waals surface area contributed by atoms with Gasteiger partial charge in [0.05, 0.1) is 19.3 Å². The van der Waals surface area contributed by atoms with Crippen LogP contribution in [-0.2, 0) is 4.74 Å². The smallest absolute Gasteiger partial charge is 0.141 e. The Labute approximate surface area is 95.4 Å². The van der Waals surface area contributed by atoms with Crippen molar-refractivity contribution in [3.05, 3.63) is 23.8 Å². The summed E-state index contributed by atoms with van der Waals surface area (Å²) in [5.41, 5.74) is 0.490. The summed E-state index contributed by atoms with van der Waals surface area (Å²) in [5.74, 6) is 1.19. The van der Waals surface area contributed by atoms with E-state index in [2.05, 4.69) is 6.07 Å². The van der Waals surface area contributed by atoms with E-state index in [1.54, 1.807) is 32.4 Å². The molecule has 0 radical (unpaired) electrons. The number of hydrogen-bond donors (Lipinski definition) is 0. The van der Waals surface area contributed by atoms with Crippen LogP contribution < -0.4 is 9.47 Å². The second kappa shape index (κ2) is 5.99. The predicted octanol–water partition coefficient (Wildman–Crippen LogP) is 1.98. The fraction of sp³-hybridized carbons (Fsp3) is 0.417. The van der Waals surface area contributed by atoms with Crippen molar-refractivity contribution in [2.45, 2.75) is 13.0 Å². The molecular formula is C12H15NO3. The topological polar surface area (TPSA) is 51.5 Å². The lowest BCUT2D eigenvalue weighted by Gasteiger charge is -2.15. The molecule has 0 fully saturated rings. The molecule has 1 atom stereocenters. The summed E-state index contributed by atoms with van der Waals surface area (Å²) in [6.07, 6.45) is -0.107. The first kappa shape index (κ1) is 12.3. The predicted molar refractivity (Wildman–Crippen MR) is 59.7 cm³/mol. The van der Waals surface area contributed by atoms with Gasteiger partial charge in [-0.3, -0.25) is 0 Å². The Kier molecular flexibility index (Phi) is 4.62. The van der Waals surface area contributed by atoms with E-state index in [4.69, 9.17) is 19.5 Å². The van der Waals surface area contributed by atoms with Crippen LogP contribution in [0.25, 0.3) is 0 Å². The molecule has 4 nitrogen and oxygen atoms in total. The van der Waals surface area contributed by atoms with Crippen LogP contribution in [0, 0.1) is 11.3 Å². The lowest BCUT2D eigenvalue weighted by atomic mass is 10.2. The van der Waals surface area contributed by atoms with Gasteiger partial charge in [0, 0.05) is 13.2 Å². The van der Waals surface area contributed by atoms with Gasteiger partial charge in [-0.1, -0.05) is 0 Å². The molecule has 0 aliphatic rings. The highest BCUT2D eigenvalue weighted by atomic mass is 16.5. The van der Waals surface area contributed by atoms with Gasteiger partial charge in [-0.25, -0.2) is 0 Å². The van der Waals surface area contributed by atoms with E-state index in [1.807, 2.05) is 6.92 Å². The summed E-state index contributed by atoms with van der Waals surface area (Å²) >= 11 is 0. The largest absolute Gasteiger partial charge is 0.497 e. The van der Waals surface area contributed by atoms with Crippen LogP contribution >= 0.6 is 0 Å². The summed E-state index contributed by atoms with van der Waals surface area (Å²) < 4.78 is 15.6. The second-order valence-electron chi connectivity index (χ2n) is 3.36. The van der Waals surface area contributed by atoms with Gasteiger partial charge in [-0.05, 0) is 19.1 Å². The molecule has 0 spiro atoms. The molecule has 0 bridgehead atoms. The van der Waals surface area contributed by atoms with Gasteiger partial charge in [-0.15, -0.1) is 0 Å². The molecule has 1 rings (SSSR count). The average molecular weight is 221 g/mol.